The summed E-state index contributed by atoms with van der Waals surface area (Å²) in [7, 11) is 0. The minimum absolute atomic E-state index is 0.0199. The molecule has 152 valence electrons. The molecule has 29 heavy (non-hydrogen) atoms. The summed E-state index contributed by atoms with van der Waals surface area (Å²) in [5.41, 5.74) is 3.90. The third-order valence-corrected chi connectivity index (χ3v) is 8.01. The fourth-order valence-electron chi connectivity index (χ4n) is 6.14. The van der Waals surface area contributed by atoms with E-state index in [1.54, 1.807) is 6.21 Å². The lowest BCUT2D eigenvalue weighted by molar-refractivity contribution is -0.129. The number of benzene rings is 1. The molecule has 1 aromatic heterocycles. The topological polar surface area (TPSA) is 66.4 Å². The molecular formula is C22H25ClN4OS. The monoisotopic (exact) mass is 428 g/mol. The molecule has 1 aromatic carbocycles. The highest BCUT2D eigenvalue weighted by atomic mass is 35.5. The fraction of sp³-hybridized carbons (Fsp3) is 0.500. The summed E-state index contributed by atoms with van der Waals surface area (Å²) >= 11 is 7.63. The second kappa shape index (κ2) is 7.73. The number of para-hydroxylation sites is 1. The van der Waals surface area contributed by atoms with Gasteiger partial charge < -0.3 is 5.32 Å². The van der Waals surface area contributed by atoms with Gasteiger partial charge in [-0.05, 0) is 73.8 Å². The van der Waals surface area contributed by atoms with Crippen LogP contribution in [0.4, 0.5) is 10.8 Å². The molecule has 0 unspecified atom stereocenters. The average molecular weight is 429 g/mol. The molecule has 0 spiro atoms. The first kappa shape index (κ1) is 19.1. The Morgan fingerprint density at radius 2 is 1.83 bits per heavy atom. The Bertz CT molecular complexity index is 891. The number of hydrazone groups is 1. The van der Waals surface area contributed by atoms with Crippen molar-refractivity contribution in [3.63, 3.8) is 0 Å². The summed E-state index contributed by atoms with van der Waals surface area (Å²) in [6.07, 6.45) is 10.0. The zero-order valence-corrected chi connectivity index (χ0v) is 17.8. The molecule has 7 heteroatoms. The lowest BCUT2D eigenvalue weighted by Crippen LogP contribution is -2.47. The summed E-state index contributed by atoms with van der Waals surface area (Å²) < 4.78 is 0. The van der Waals surface area contributed by atoms with Crippen molar-refractivity contribution in [2.45, 2.75) is 44.9 Å². The normalized spacial score (nSPS) is 30.0. The van der Waals surface area contributed by atoms with Crippen molar-refractivity contribution in [3.05, 3.63) is 40.4 Å². The molecule has 2 aromatic rings. The molecule has 4 aliphatic carbocycles. The second-order valence-corrected chi connectivity index (χ2v) is 10.4. The summed E-state index contributed by atoms with van der Waals surface area (Å²) in [5, 5.41) is 8.46. The van der Waals surface area contributed by atoms with Gasteiger partial charge in [-0.1, -0.05) is 41.1 Å². The Kier molecular flexibility index (Phi) is 5.08. The van der Waals surface area contributed by atoms with Crippen LogP contribution in [0.15, 0.2) is 35.4 Å². The smallest absolute Gasteiger partial charge is 0.240 e. The minimum Gasteiger partial charge on any atom is -0.331 e. The van der Waals surface area contributed by atoms with Crippen LogP contribution in [0, 0.1) is 23.2 Å². The summed E-state index contributed by atoms with van der Waals surface area (Å²) in [5.74, 6) is 2.57. The molecule has 1 heterocycles. The van der Waals surface area contributed by atoms with E-state index in [4.69, 9.17) is 11.6 Å². The van der Waals surface area contributed by atoms with Gasteiger partial charge in [0.1, 0.15) is 0 Å². The first-order chi connectivity index (χ1) is 14.1. The minimum atomic E-state index is 0.0199. The number of hydrogen-bond acceptors (Lipinski definition) is 5. The van der Waals surface area contributed by atoms with Gasteiger partial charge in [0.25, 0.3) is 0 Å². The SMILES string of the molecule is O=C(CC12CC3CC(CC(C3)C1)C2)N/N=C/c1sc(Nc2ccccc2)nc1Cl. The largest absolute Gasteiger partial charge is 0.331 e. The van der Waals surface area contributed by atoms with Gasteiger partial charge in [0, 0.05) is 12.1 Å². The van der Waals surface area contributed by atoms with E-state index in [0.29, 0.717) is 16.7 Å². The molecule has 1 amide bonds. The molecule has 5 nitrogen and oxygen atoms in total. The van der Waals surface area contributed by atoms with E-state index in [-0.39, 0.29) is 11.3 Å². The molecule has 4 bridgehead atoms. The predicted octanol–water partition coefficient (Wildman–Crippen LogP) is 5.60. The van der Waals surface area contributed by atoms with Gasteiger partial charge in [-0.2, -0.15) is 5.10 Å². The number of halogens is 1. The van der Waals surface area contributed by atoms with Gasteiger partial charge in [-0.3, -0.25) is 4.79 Å². The number of nitrogens with zero attached hydrogens (tertiary/aromatic N) is 2. The third-order valence-electron chi connectivity index (χ3n) is 6.71. The maximum Gasteiger partial charge on any atom is 0.240 e. The number of hydrogen-bond donors (Lipinski definition) is 2. The summed E-state index contributed by atoms with van der Waals surface area (Å²) in [4.78, 5) is 17.6. The van der Waals surface area contributed by atoms with Crippen molar-refractivity contribution < 1.29 is 4.79 Å². The van der Waals surface area contributed by atoms with Gasteiger partial charge in [0.15, 0.2) is 10.3 Å². The molecule has 2 N–H and O–H groups in total. The highest BCUT2D eigenvalue weighted by Crippen LogP contribution is 2.61. The van der Waals surface area contributed by atoms with Crippen LogP contribution in [-0.2, 0) is 4.79 Å². The Morgan fingerprint density at radius 1 is 1.17 bits per heavy atom. The van der Waals surface area contributed by atoms with Crippen LogP contribution in [0.1, 0.15) is 49.8 Å². The number of thiazole rings is 1. The van der Waals surface area contributed by atoms with E-state index in [9.17, 15) is 4.79 Å². The average Bonchev–Trinajstić information content (AvgIpc) is 3.00. The van der Waals surface area contributed by atoms with Crippen LogP contribution in [0.5, 0.6) is 0 Å². The quantitative estimate of drug-likeness (QED) is 0.465. The molecule has 6 rings (SSSR count). The summed E-state index contributed by atoms with van der Waals surface area (Å²) in [6, 6.07) is 9.81. The van der Waals surface area contributed by atoms with Crippen LogP contribution >= 0.6 is 22.9 Å². The third kappa shape index (κ3) is 4.19. The molecular weight excluding hydrogens is 404 g/mol. The maximum atomic E-state index is 12.6. The van der Waals surface area contributed by atoms with Crippen molar-refractivity contribution in [1.29, 1.82) is 0 Å². The molecule has 4 fully saturated rings. The molecule has 0 saturated heterocycles. The van der Waals surface area contributed by atoms with Gasteiger partial charge in [0.2, 0.25) is 5.91 Å². The number of aromatic nitrogens is 1. The molecule has 0 atom stereocenters. The van der Waals surface area contributed by atoms with Gasteiger partial charge >= 0.3 is 0 Å². The predicted molar refractivity (Wildman–Crippen MR) is 118 cm³/mol. The first-order valence-corrected chi connectivity index (χ1v) is 11.6. The number of rotatable bonds is 6. The fourth-order valence-corrected chi connectivity index (χ4v) is 7.19. The van der Waals surface area contributed by atoms with Crippen LogP contribution in [-0.4, -0.2) is 17.1 Å². The van der Waals surface area contributed by atoms with Gasteiger partial charge in [-0.25, -0.2) is 10.4 Å². The van der Waals surface area contributed by atoms with Crippen molar-refractivity contribution in [1.82, 2.24) is 10.4 Å². The molecule has 0 aliphatic heterocycles. The Balaban J connectivity index is 1.18. The number of anilines is 2. The zero-order valence-electron chi connectivity index (χ0n) is 16.2. The molecule has 4 aliphatic rings. The number of carbonyl (C=O) groups is 1. The van der Waals surface area contributed by atoms with Gasteiger partial charge in [0.05, 0.1) is 11.1 Å². The highest BCUT2D eigenvalue weighted by Gasteiger charge is 2.51. The van der Waals surface area contributed by atoms with Gasteiger partial charge in [-0.15, -0.1) is 0 Å². The maximum absolute atomic E-state index is 12.6. The Morgan fingerprint density at radius 3 is 2.48 bits per heavy atom. The molecule has 0 radical (unpaired) electrons. The number of amides is 1. The Hall–Kier alpha value is -1.92. The first-order valence-electron chi connectivity index (χ1n) is 10.4. The van der Waals surface area contributed by atoms with E-state index in [0.717, 1.165) is 28.3 Å². The van der Waals surface area contributed by atoms with E-state index in [1.165, 1.54) is 49.9 Å². The van der Waals surface area contributed by atoms with Crippen molar-refractivity contribution in [2.24, 2.45) is 28.3 Å². The van der Waals surface area contributed by atoms with E-state index >= 15 is 0 Å². The lowest BCUT2D eigenvalue weighted by Gasteiger charge is -2.56. The van der Waals surface area contributed by atoms with Crippen LogP contribution in [0.3, 0.4) is 0 Å². The van der Waals surface area contributed by atoms with Crippen molar-refractivity contribution in [3.8, 4) is 0 Å². The second-order valence-electron chi connectivity index (χ2n) is 9.05. The van der Waals surface area contributed by atoms with Crippen molar-refractivity contribution in [2.75, 3.05) is 5.32 Å². The zero-order chi connectivity index (χ0) is 19.8. The van der Waals surface area contributed by atoms with E-state index in [2.05, 4.69) is 20.8 Å². The lowest BCUT2D eigenvalue weighted by atomic mass is 9.49. The van der Waals surface area contributed by atoms with Crippen LogP contribution in [0.25, 0.3) is 0 Å². The number of nitrogens with one attached hydrogen (secondary N) is 2. The van der Waals surface area contributed by atoms with E-state index in [1.807, 2.05) is 30.3 Å². The molecule has 4 saturated carbocycles. The highest BCUT2D eigenvalue weighted by molar-refractivity contribution is 7.17. The van der Waals surface area contributed by atoms with Crippen molar-refractivity contribution >= 4 is 45.9 Å². The Labute approximate surface area is 180 Å². The number of carbonyl (C=O) groups excluding carboxylic acids is 1. The standard InChI is InChI=1S/C22H25ClN4OS/c23-20-18(29-21(26-20)25-17-4-2-1-3-5-17)13-24-27-19(28)12-22-9-14-6-15(10-22)8-16(7-14)11-22/h1-5,13-16H,6-12H2,(H,25,26)(H,27,28)/b24-13+. The van der Waals surface area contributed by atoms with Crippen LogP contribution in [0.2, 0.25) is 5.15 Å². The summed E-state index contributed by atoms with van der Waals surface area (Å²) in [6.45, 7) is 0. The van der Waals surface area contributed by atoms with Crippen LogP contribution < -0.4 is 10.7 Å². The van der Waals surface area contributed by atoms with E-state index < -0.39 is 0 Å².